The number of likely N-dealkylation sites (N-methyl/N-ethyl adjacent to an activating group) is 1. The number of carbonyl (C=O) groups excluding carboxylic acids is 1. The number of hydrogen-bond donors (Lipinski definition) is 2. The summed E-state index contributed by atoms with van der Waals surface area (Å²) in [5, 5.41) is 6.44. The van der Waals surface area contributed by atoms with Crippen LogP contribution in [-0.4, -0.2) is 32.1 Å². The normalized spacial score (nSPS) is 16.4. The van der Waals surface area contributed by atoms with Gasteiger partial charge in [-0.15, -0.1) is 0 Å². The number of nitrogens with one attached hydrogen (secondary N) is 2. The fraction of sp³-hybridized carbons (Fsp3) is 0.667. The third-order valence-electron chi connectivity index (χ3n) is 4.99. The number of amides is 1. The summed E-state index contributed by atoms with van der Waals surface area (Å²) in [5.74, 6) is 1.52. The Bertz CT molecular complexity index is 512. The smallest absolute Gasteiger partial charge is 0.251 e. The first-order chi connectivity index (χ1) is 12.2. The molecule has 140 valence electrons. The van der Waals surface area contributed by atoms with E-state index in [1.54, 1.807) is 0 Å². The summed E-state index contributed by atoms with van der Waals surface area (Å²) in [6.07, 6.45) is 9.84. The second-order valence-electron chi connectivity index (χ2n) is 7.20. The lowest BCUT2D eigenvalue weighted by atomic mass is 9.84. The molecule has 1 aliphatic carbocycles. The monoisotopic (exact) mass is 346 g/mol. The molecule has 1 aromatic rings. The first-order valence-corrected chi connectivity index (χ1v) is 9.91. The number of carbonyl (C=O) groups is 1. The highest BCUT2D eigenvalue weighted by molar-refractivity contribution is 5.94. The predicted octanol–water partition coefficient (Wildman–Crippen LogP) is 4.15. The van der Waals surface area contributed by atoms with Crippen LogP contribution in [-0.2, 0) is 0 Å². The Hall–Kier alpha value is -1.55. The molecule has 0 spiro atoms. The van der Waals surface area contributed by atoms with E-state index in [1.165, 1.54) is 32.1 Å². The number of unbranched alkanes of at least 4 members (excludes halogenated alkanes) is 1. The Balaban J connectivity index is 1.91. The van der Waals surface area contributed by atoms with E-state index >= 15 is 0 Å². The van der Waals surface area contributed by atoms with Crippen molar-refractivity contribution in [3.63, 3.8) is 0 Å². The van der Waals surface area contributed by atoms with Crippen LogP contribution >= 0.6 is 0 Å². The molecule has 0 saturated heterocycles. The van der Waals surface area contributed by atoms with E-state index in [9.17, 15) is 4.79 Å². The second kappa shape index (κ2) is 11.1. The Morgan fingerprint density at radius 1 is 1.28 bits per heavy atom. The fourth-order valence-corrected chi connectivity index (χ4v) is 3.60. The molecular formula is C21H34N2O2. The predicted molar refractivity (Wildman–Crippen MR) is 103 cm³/mol. The minimum Gasteiger partial charge on any atom is -0.494 e. The molecule has 1 amide bonds. The summed E-state index contributed by atoms with van der Waals surface area (Å²) in [4.78, 5) is 12.7. The van der Waals surface area contributed by atoms with E-state index in [0.29, 0.717) is 12.2 Å². The molecule has 0 radical (unpaired) electrons. The molecule has 1 atom stereocenters. The summed E-state index contributed by atoms with van der Waals surface area (Å²) < 4.78 is 5.72. The molecule has 4 nitrogen and oxygen atoms in total. The maximum Gasteiger partial charge on any atom is 0.251 e. The number of rotatable bonds is 10. The molecule has 25 heavy (non-hydrogen) atoms. The van der Waals surface area contributed by atoms with E-state index in [2.05, 4.69) is 17.6 Å². The average Bonchev–Trinajstić information content (AvgIpc) is 2.63. The van der Waals surface area contributed by atoms with Crippen molar-refractivity contribution in [3.8, 4) is 5.75 Å². The van der Waals surface area contributed by atoms with Gasteiger partial charge < -0.3 is 15.4 Å². The maximum absolute atomic E-state index is 12.7. The molecule has 1 saturated carbocycles. The number of benzene rings is 1. The van der Waals surface area contributed by atoms with E-state index in [0.717, 1.165) is 37.5 Å². The zero-order valence-corrected chi connectivity index (χ0v) is 15.9. The van der Waals surface area contributed by atoms with Gasteiger partial charge in [-0.25, -0.2) is 0 Å². The first-order valence-electron chi connectivity index (χ1n) is 9.91. The third kappa shape index (κ3) is 7.07. The molecule has 2 N–H and O–H groups in total. The summed E-state index contributed by atoms with van der Waals surface area (Å²) >= 11 is 0. The van der Waals surface area contributed by atoms with Gasteiger partial charge in [0.05, 0.1) is 6.61 Å². The Labute approximate surface area is 152 Å². The third-order valence-corrected chi connectivity index (χ3v) is 4.99. The van der Waals surface area contributed by atoms with E-state index in [4.69, 9.17) is 4.74 Å². The zero-order valence-electron chi connectivity index (χ0n) is 15.9. The molecule has 4 heteroatoms. The van der Waals surface area contributed by atoms with Crippen molar-refractivity contribution < 1.29 is 9.53 Å². The number of hydrogen-bond acceptors (Lipinski definition) is 3. The highest BCUT2D eigenvalue weighted by atomic mass is 16.5. The zero-order chi connectivity index (χ0) is 17.9. The van der Waals surface area contributed by atoms with Crippen molar-refractivity contribution in [1.29, 1.82) is 0 Å². The largest absolute Gasteiger partial charge is 0.494 e. The molecule has 2 rings (SSSR count). The van der Waals surface area contributed by atoms with Gasteiger partial charge >= 0.3 is 0 Å². The topological polar surface area (TPSA) is 50.4 Å². The molecule has 0 aliphatic heterocycles. The van der Waals surface area contributed by atoms with Crippen molar-refractivity contribution in [1.82, 2.24) is 10.6 Å². The Morgan fingerprint density at radius 3 is 2.80 bits per heavy atom. The van der Waals surface area contributed by atoms with Crippen molar-refractivity contribution >= 4 is 5.91 Å². The van der Waals surface area contributed by atoms with Gasteiger partial charge in [-0.1, -0.05) is 51.5 Å². The fourth-order valence-electron chi connectivity index (χ4n) is 3.60. The van der Waals surface area contributed by atoms with Crippen molar-refractivity contribution in [3.05, 3.63) is 29.8 Å². The SMILES string of the molecule is CCCCOc1cccc(C(=O)N[C@H](CNC)CC2CCCCC2)c1. The van der Waals surface area contributed by atoms with Gasteiger partial charge in [-0.2, -0.15) is 0 Å². The quantitative estimate of drug-likeness (QED) is 0.626. The lowest BCUT2D eigenvalue weighted by molar-refractivity contribution is 0.0928. The van der Waals surface area contributed by atoms with Crippen LogP contribution in [0.3, 0.4) is 0 Å². The summed E-state index contributed by atoms with van der Waals surface area (Å²) in [7, 11) is 1.95. The van der Waals surface area contributed by atoms with Crippen LogP contribution in [0, 0.1) is 5.92 Å². The van der Waals surface area contributed by atoms with Gasteiger partial charge in [-0.3, -0.25) is 4.79 Å². The summed E-state index contributed by atoms with van der Waals surface area (Å²) in [6, 6.07) is 7.70. The highest BCUT2D eigenvalue weighted by Crippen LogP contribution is 2.27. The standard InChI is InChI=1S/C21H34N2O2/c1-3-4-13-25-20-12-8-11-18(15-20)21(24)23-19(16-22-2)14-17-9-6-5-7-10-17/h8,11-12,15,17,19,22H,3-7,9-10,13-14,16H2,1-2H3,(H,23,24)/t19-/m0/s1. The molecule has 0 bridgehead atoms. The van der Waals surface area contributed by atoms with E-state index < -0.39 is 0 Å². The molecule has 0 aromatic heterocycles. The van der Waals surface area contributed by atoms with Crippen LogP contribution in [0.2, 0.25) is 0 Å². The minimum absolute atomic E-state index is 0.00278. The van der Waals surface area contributed by atoms with Crippen molar-refractivity contribution in [2.75, 3.05) is 20.2 Å². The van der Waals surface area contributed by atoms with E-state index in [1.807, 2.05) is 31.3 Å². The Kier molecular flexibility index (Phi) is 8.81. The molecule has 1 aliphatic rings. The molecule has 1 aromatic carbocycles. The highest BCUT2D eigenvalue weighted by Gasteiger charge is 2.20. The molecular weight excluding hydrogens is 312 g/mol. The van der Waals surface area contributed by atoms with Gasteiger partial charge in [0.25, 0.3) is 5.91 Å². The lowest BCUT2D eigenvalue weighted by Gasteiger charge is -2.27. The average molecular weight is 347 g/mol. The maximum atomic E-state index is 12.7. The van der Waals surface area contributed by atoms with Crippen LogP contribution in [0.4, 0.5) is 0 Å². The Morgan fingerprint density at radius 2 is 2.08 bits per heavy atom. The van der Waals surface area contributed by atoms with E-state index in [-0.39, 0.29) is 11.9 Å². The van der Waals surface area contributed by atoms with Crippen LogP contribution < -0.4 is 15.4 Å². The van der Waals surface area contributed by atoms with Gasteiger partial charge in [-0.05, 0) is 44.0 Å². The molecule has 0 heterocycles. The minimum atomic E-state index is -0.00278. The van der Waals surface area contributed by atoms with Crippen molar-refractivity contribution in [2.24, 2.45) is 5.92 Å². The second-order valence-corrected chi connectivity index (χ2v) is 7.20. The first kappa shape index (κ1) is 19.8. The molecule has 1 fully saturated rings. The summed E-state index contributed by atoms with van der Waals surface area (Å²) in [5.41, 5.74) is 0.679. The van der Waals surface area contributed by atoms with Crippen LogP contribution in [0.1, 0.15) is 68.6 Å². The van der Waals surface area contributed by atoms with Crippen LogP contribution in [0.5, 0.6) is 5.75 Å². The lowest BCUT2D eigenvalue weighted by Crippen LogP contribution is -2.42. The number of ether oxygens (including phenoxy) is 1. The van der Waals surface area contributed by atoms with Crippen LogP contribution in [0.15, 0.2) is 24.3 Å². The van der Waals surface area contributed by atoms with Gasteiger partial charge in [0.15, 0.2) is 0 Å². The van der Waals surface area contributed by atoms with Crippen LogP contribution in [0.25, 0.3) is 0 Å². The summed E-state index contributed by atoms with van der Waals surface area (Å²) in [6.45, 7) is 3.65. The molecule has 0 unspecified atom stereocenters. The van der Waals surface area contributed by atoms with Gasteiger partial charge in [0.2, 0.25) is 0 Å². The van der Waals surface area contributed by atoms with Crippen molar-refractivity contribution in [2.45, 2.75) is 64.3 Å². The van der Waals surface area contributed by atoms with Gasteiger partial charge in [0.1, 0.15) is 5.75 Å². The van der Waals surface area contributed by atoms with Gasteiger partial charge in [0, 0.05) is 18.2 Å².